The summed E-state index contributed by atoms with van der Waals surface area (Å²) < 4.78 is 6.16. The maximum Gasteiger partial charge on any atom is 0.287 e. The van der Waals surface area contributed by atoms with Gasteiger partial charge in [0.05, 0.1) is 9.95 Å². The second-order valence-corrected chi connectivity index (χ2v) is 8.33. The summed E-state index contributed by atoms with van der Waals surface area (Å²) >= 11 is 7.39. The van der Waals surface area contributed by atoms with Crippen molar-refractivity contribution in [3.63, 3.8) is 0 Å². The molecule has 32 heavy (non-hydrogen) atoms. The third kappa shape index (κ3) is 3.28. The van der Waals surface area contributed by atoms with Crippen LogP contribution in [0.5, 0.6) is 0 Å². The van der Waals surface area contributed by atoms with E-state index in [0.717, 1.165) is 16.9 Å². The number of thiophene rings is 1. The minimum Gasteiger partial charge on any atom is -0.434 e. The molecular weight excluding hydrogens is 452 g/mol. The van der Waals surface area contributed by atoms with Crippen LogP contribution in [0.25, 0.3) is 32.8 Å². The Kier molecular flexibility index (Phi) is 4.84. The van der Waals surface area contributed by atoms with E-state index in [1.807, 2.05) is 13.0 Å². The Hall–Kier alpha value is -3.82. The van der Waals surface area contributed by atoms with Gasteiger partial charge in [-0.05, 0) is 36.8 Å². The van der Waals surface area contributed by atoms with Crippen LogP contribution in [0.2, 0.25) is 5.02 Å². The summed E-state index contributed by atoms with van der Waals surface area (Å²) in [6.07, 6.45) is 1.64. The summed E-state index contributed by atoms with van der Waals surface area (Å²) in [5, 5.41) is 14.8. The van der Waals surface area contributed by atoms with E-state index < -0.39 is 10.8 Å². The van der Waals surface area contributed by atoms with Crippen molar-refractivity contribution in [2.24, 2.45) is 0 Å². The first kappa shape index (κ1) is 20.1. The number of hydrogen-bond acceptors (Lipinski definition) is 7. The van der Waals surface area contributed by atoms with Gasteiger partial charge in [0, 0.05) is 28.9 Å². The van der Waals surface area contributed by atoms with Crippen LogP contribution in [0.1, 0.15) is 15.2 Å². The summed E-state index contributed by atoms with van der Waals surface area (Å²) in [7, 11) is 0. The molecule has 0 spiro atoms. The number of amides is 1. The Morgan fingerprint density at radius 3 is 2.78 bits per heavy atom. The van der Waals surface area contributed by atoms with E-state index in [1.54, 1.807) is 42.6 Å². The first-order chi connectivity index (χ1) is 15.4. The van der Waals surface area contributed by atoms with Crippen molar-refractivity contribution in [3.05, 3.63) is 80.3 Å². The highest BCUT2D eigenvalue weighted by Gasteiger charge is 2.23. The van der Waals surface area contributed by atoms with E-state index >= 15 is 0 Å². The van der Waals surface area contributed by atoms with E-state index in [1.165, 1.54) is 6.07 Å². The number of halogens is 1. The molecule has 5 rings (SSSR count). The molecule has 0 fully saturated rings. The lowest BCUT2D eigenvalue weighted by molar-refractivity contribution is -0.382. The maximum absolute atomic E-state index is 13.0. The number of rotatable bonds is 4. The van der Waals surface area contributed by atoms with Crippen LogP contribution in [-0.4, -0.2) is 20.8 Å². The average Bonchev–Trinajstić information content (AvgIpc) is 3.36. The van der Waals surface area contributed by atoms with E-state index in [2.05, 4.69) is 15.3 Å². The number of hydrogen-bond donors (Lipinski definition) is 1. The fourth-order valence-corrected chi connectivity index (χ4v) is 4.92. The Balaban J connectivity index is 1.51. The number of benzene rings is 2. The van der Waals surface area contributed by atoms with Gasteiger partial charge in [-0.15, -0.1) is 11.3 Å². The lowest BCUT2D eigenvalue weighted by Crippen LogP contribution is -2.12. The molecular formula is C22H13ClN4O4S. The molecule has 5 aromatic rings. The molecule has 3 heterocycles. The number of carbonyl (C=O) groups excluding carboxylic acids is 1. The van der Waals surface area contributed by atoms with Crippen LogP contribution in [0.4, 0.5) is 11.4 Å². The molecule has 3 aromatic heterocycles. The van der Waals surface area contributed by atoms with Crippen molar-refractivity contribution in [1.82, 2.24) is 9.97 Å². The highest BCUT2D eigenvalue weighted by molar-refractivity contribution is 7.22. The van der Waals surface area contributed by atoms with E-state index in [9.17, 15) is 14.9 Å². The number of oxazole rings is 1. The van der Waals surface area contributed by atoms with Crippen LogP contribution in [0.15, 0.2) is 59.1 Å². The number of nitro groups is 1. The van der Waals surface area contributed by atoms with Crippen LogP contribution in [-0.2, 0) is 0 Å². The fourth-order valence-electron chi connectivity index (χ4n) is 3.43. The third-order valence-corrected chi connectivity index (χ3v) is 6.75. The third-order valence-electron chi connectivity index (χ3n) is 5.01. The van der Waals surface area contributed by atoms with Gasteiger partial charge >= 0.3 is 0 Å². The number of fused-ring (bicyclic) bond motifs is 2. The van der Waals surface area contributed by atoms with Crippen LogP contribution < -0.4 is 5.32 Å². The lowest BCUT2D eigenvalue weighted by Gasteiger charge is -2.10. The normalized spacial score (nSPS) is 11.2. The van der Waals surface area contributed by atoms with Crippen LogP contribution in [0, 0.1) is 17.0 Å². The van der Waals surface area contributed by atoms with Crippen molar-refractivity contribution < 1.29 is 14.1 Å². The zero-order chi connectivity index (χ0) is 22.4. The maximum atomic E-state index is 13.0. The Morgan fingerprint density at radius 1 is 1.19 bits per heavy atom. The summed E-state index contributed by atoms with van der Waals surface area (Å²) in [5.74, 6) is -0.0622. The van der Waals surface area contributed by atoms with Crippen molar-refractivity contribution >= 4 is 61.5 Å². The summed E-state index contributed by atoms with van der Waals surface area (Å²) in [4.78, 5) is 32.7. The molecule has 158 valence electrons. The number of non-ortho nitro benzene ring substituents is 1. The van der Waals surface area contributed by atoms with Gasteiger partial charge in [-0.1, -0.05) is 29.8 Å². The number of aromatic nitrogens is 2. The number of nitrogens with zero attached hydrogens (tertiary/aromatic N) is 3. The molecule has 0 atom stereocenters. The molecule has 0 bridgehead atoms. The van der Waals surface area contributed by atoms with Crippen molar-refractivity contribution in [3.8, 4) is 11.5 Å². The molecule has 8 nitrogen and oxygen atoms in total. The molecule has 1 N–H and O–H groups in total. The molecule has 2 aromatic carbocycles. The fraction of sp³-hybridized carbons (Fsp3) is 0.0455. The van der Waals surface area contributed by atoms with E-state index in [4.69, 9.17) is 16.0 Å². The summed E-state index contributed by atoms with van der Waals surface area (Å²) in [6, 6.07) is 13.5. The highest BCUT2D eigenvalue weighted by Crippen LogP contribution is 2.40. The number of nitrogens with one attached hydrogen (secondary N) is 1. The predicted molar refractivity (Wildman–Crippen MR) is 123 cm³/mol. The average molecular weight is 465 g/mol. The van der Waals surface area contributed by atoms with Crippen molar-refractivity contribution in [2.75, 3.05) is 5.32 Å². The Labute approximate surface area is 189 Å². The van der Waals surface area contributed by atoms with Gasteiger partial charge < -0.3 is 9.73 Å². The molecule has 0 saturated heterocycles. The lowest BCUT2D eigenvalue weighted by atomic mass is 10.1. The summed E-state index contributed by atoms with van der Waals surface area (Å²) in [6.45, 7) is 1.84. The summed E-state index contributed by atoms with van der Waals surface area (Å²) in [5.41, 5.74) is 2.97. The molecule has 0 aliphatic carbocycles. The largest absolute Gasteiger partial charge is 0.434 e. The standard InChI is InChI=1S/C22H13ClN4O4S/c1-11-12(22-26-20-16(31-22)9-4-10-24-20)5-2-7-14(11)25-21(28)19-17(23)13-6-3-8-15(27(29)30)18(13)32-19/h2-10H,1H3,(H,25,28). The Morgan fingerprint density at radius 2 is 2.00 bits per heavy atom. The van der Waals surface area contributed by atoms with E-state index in [-0.39, 0.29) is 15.6 Å². The molecule has 10 heteroatoms. The van der Waals surface area contributed by atoms with Gasteiger partial charge in [-0.25, -0.2) is 4.98 Å². The van der Waals surface area contributed by atoms with Crippen molar-refractivity contribution in [2.45, 2.75) is 6.92 Å². The minimum atomic E-state index is -0.486. The van der Waals surface area contributed by atoms with Gasteiger partial charge in [0.25, 0.3) is 11.6 Å². The van der Waals surface area contributed by atoms with Gasteiger partial charge in [0.1, 0.15) is 9.58 Å². The molecule has 0 aliphatic rings. The molecule has 0 saturated carbocycles. The first-order valence-corrected chi connectivity index (χ1v) is 10.6. The minimum absolute atomic E-state index is 0.0869. The van der Waals surface area contributed by atoms with E-state index in [0.29, 0.717) is 38.5 Å². The second kappa shape index (κ2) is 7.70. The van der Waals surface area contributed by atoms with Crippen LogP contribution >= 0.6 is 22.9 Å². The van der Waals surface area contributed by atoms with Gasteiger partial charge in [-0.3, -0.25) is 14.9 Å². The number of pyridine rings is 1. The quantitative estimate of drug-likeness (QED) is 0.249. The number of nitro benzene ring substituents is 1. The monoisotopic (exact) mass is 464 g/mol. The second-order valence-electron chi connectivity index (χ2n) is 6.93. The number of anilines is 1. The molecule has 0 unspecified atom stereocenters. The topological polar surface area (TPSA) is 111 Å². The zero-order valence-corrected chi connectivity index (χ0v) is 18.0. The first-order valence-electron chi connectivity index (χ1n) is 9.42. The predicted octanol–water partition coefficient (Wildman–Crippen LogP) is 6.23. The number of carbonyl (C=O) groups is 1. The zero-order valence-electron chi connectivity index (χ0n) is 16.5. The van der Waals surface area contributed by atoms with Gasteiger partial charge in [0.15, 0.2) is 11.2 Å². The molecule has 0 radical (unpaired) electrons. The van der Waals surface area contributed by atoms with Gasteiger partial charge in [-0.2, -0.15) is 4.98 Å². The Bertz CT molecular complexity index is 1510. The highest BCUT2D eigenvalue weighted by atomic mass is 35.5. The smallest absolute Gasteiger partial charge is 0.287 e. The van der Waals surface area contributed by atoms with Crippen LogP contribution in [0.3, 0.4) is 0 Å². The van der Waals surface area contributed by atoms with Crippen molar-refractivity contribution in [1.29, 1.82) is 0 Å². The molecule has 0 aliphatic heterocycles. The SMILES string of the molecule is Cc1c(NC(=O)c2sc3c([N+](=O)[O-])cccc3c2Cl)cccc1-c1nc2ncccc2o1. The van der Waals surface area contributed by atoms with Gasteiger partial charge in [0.2, 0.25) is 5.89 Å². The molecule has 1 amide bonds.